The summed E-state index contributed by atoms with van der Waals surface area (Å²) in [6, 6.07) is 3.46. The zero-order valence-corrected chi connectivity index (χ0v) is 11.0. The van der Waals surface area contributed by atoms with Crippen LogP contribution in [-0.4, -0.2) is 36.9 Å². The molecule has 1 aliphatic heterocycles. The van der Waals surface area contributed by atoms with Gasteiger partial charge in [0.1, 0.15) is 12.1 Å². The first-order chi connectivity index (χ1) is 9.24. The third kappa shape index (κ3) is 3.30. The lowest BCUT2D eigenvalue weighted by atomic mass is 9.97. The van der Waals surface area contributed by atoms with Gasteiger partial charge < -0.3 is 9.64 Å². The number of piperidine rings is 1. The van der Waals surface area contributed by atoms with Crippen molar-refractivity contribution in [2.24, 2.45) is 5.92 Å². The summed E-state index contributed by atoms with van der Waals surface area (Å²) in [5, 5.41) is 0. The highest BCUT2D eigenvalue weighted by atomic mass is 16.5. The molecule has 0 N–H and O–H groups in total. The van der Waals surface area contributed by atoms with Crippen molar-refractivity contribution < 1.29 is 14.3 Å². The molecule has 1 fully saturated rings. The number of carbonyl (C=O) groups is 2. The van der Waals surface area contributed by atoms with Gasteiger partial charge in [-0.1, -0.05) is 0 Å². The van der Waals surface area contributed by atoms with Gasteiger partial charge in [0.05, 0.1) is 12.5 Å². The van der Waals surface area contributed by atoms with E-state index in [-0.39, 0.29) is 11.9 Å². The molecule has 0 radical (unpaired) electrons. The fraction of sp³-hybridized carbons (Fsp3) is 0.500. The van der Waals surface area contributed by atoms with Gasteiger partial charge in [-0.2, -0.15) is 0 Å². The van der Waals surface area contributed by atoms with Crippen molar-refractivity contribution >= 4 is 18.1 Å². The summed E-state index contributed by atoms with van der Waals surface area (Å²) >= 11 is 0. The van der Waals surface area contributed by atoms with Gasteiger partial charge in [0.2, 0.25) is 0 Å². The number of aldehydes is 1. The topological polar surface area (TPSA) is 59.5 Å². The van der Waals surface area contributed by atoms with Crippen LogP contribution in [0.25, 0.3) is 0 Å². The van der Waals surface area contributed by atoms with E-state index in [0.29, 0.717) is 12.2 Å². The van der Waals surface area contributed by atoms with Crippen molar-refractivity contribution in [1.29, 1.82) is 0 Å². The van der Waals surface area contributed by atoms with Crippen LogP contribution in [0, 0.1) is 5.92 Å². The van der Waals surface area contributed by atoms with Crippen molar-refractivity contribution in [3.8, 4) is 0 Å². The smallest absolute Gasteiger partial charge is 0.309 e. The van der Waals surface area contributed by atoms with Crippen molar-refractivity contribution in [3.63, 3.8) is 0 Å². The van der Waals surface area contributed by atoms with Crippen molar-refractivity contribution in [1.82, 2.24) is 4.98 Å². The van der Waals surface area contributed by atoms with Gasteiger partial charge in [0, 0.05) is 24.8 Å². The number of pyridine rings is 1. The summed E-state index contributed by atoms with van der Waals surface area (Å²) in [4.78, 5) is 28.8. The first-order valence-electron chi connectivity index (χ1n) is 6.57. The third-order valence-corrected chi connectivity index (χ3v) is 3.34. The molecule has 0 atom stereocenters. The largest absolute Gasteiger partial charge is 0.466 e. The van der Waals surface area contributed by atoms with Crippen LogP contribution in [0.15, 0.2) is 18.3 Å². The molecule has 5 heteroatoms. The number of hydrogen-bond donors (Lipinski definition) is 0. The van der Waals surface area contributed by atoms with E-state index in [1.54, 1.807) is 18.3 Å². The first-order valence-corrected chi connectivity index (χ1v) is 6.57. The summed E-state index contributed by atoms with van der Waals surface area (Å²) in [5.74, 6) is 0.689. The lowest BCUT2D eigenvalue weighted by molar-refractivity contribution is -0.148. The number of esters is 1. The number of rotatable bonds is 4. The van der Waals surface area contributed by atoms with E-state index in [1.807, 2.05) is 6.92 Å². The molecule has 0 spiro atoms. The summed E-state index contributed by atoms with van der Waals surface area (Å²) < 4.78 is 5.04. The highest BCUT2D eigenvalue weighted by Gasteiger charge is 2.26. The van der Waals surface area contributed by atoms with E-state index in [4.69, 9.17) is 4.74 Å². The van der Waals surface area contributed by atoms with E-state index in [2.05, 4.69) is 9.88 Å². The quantitative estimate of drug-likeness (QED) is 0.610. The molecule has 0 amide bonds. The maximum atomic E-state index is 11.6. The maximum Gasteiger partial charge on any atom is 0.309 e. The molecule has 19 heavy (non-hydrogen) atoms. The lowest BCUT2D eigenvalue weighted by Crippen LogP contribution is -2.37. The minimum atomic E-state index is -0.100. The van der Waals surface area contributed by atoms with Crippen LogP contribution in [0.5, 0.6) is 0 Å². The van der Waals surface area contributed by atoms with Gasteiger partial charge in [-0.3, -0.25) is 9.59 Å². The Hall–Kier alpha value is -1.91. The first kappa shape index (κ1) is 13.5. The van der Waals surface area contributed by atoms with Crippen LogP contribution in [0.3, 0.4) is 0 Å². The van der Waals surface area contributed by atoms with Gasteiger partial charge in [0.25, 0.3) is 0 Å². The Morgan fingerprint density at radius 2 is 2.26 bits per heavy atom. The number of carbonyl (C=O) groups excluding carboxylic acids is 2. The lowest BCUT2D eigenvalue weighted by Gasteiger charge is -2.31. The molecule has 1 aliphatic rings. The molecule has 0 saturated carbocycles. The second kappa shape index (κ2) is 6.31. The molecule has 0 aromatic carbocycles. The van der Waals surface area contributed by atoms with Crippen molar-refractivity contribution in [3.05, 3.63) is 23.9 Å². The molecular formula is C14H18N2O3. The summed E-state index contributed by atoms with van der Waals surface area (Å²) in [6.07, 6.45) is 3.99. The summed E-state index contributed by atoms with van der Waals surface area (Å²) in [6.45, 7) is 3.78. The van der Waals surface area contributed by atoms with Crippen molar-refractivity contribution in [2.75, 3.05) is 24.6 Å². The van der Waals surface area contributed by atoms with Crippen LogP contribution in [0.1, 0.15) is 30.1 Å². The average Bonchev–Trinajstić information content (AvgIpc) is 2.48. The van der Waals surface area contributed by atoms with Crippen LogP contribution >= 0.6 is 0 Å². The predicted molar refractivity (Wildman–Crippen MR) is 71.2 cm³/mol. The number of anilines is 1. The van der Waals surface area contributed by atoms with Gasteiger partial charge in [0.15, 0.2) is 0 Å². The predicted octanol–water partition coefficient (Wildman–Crippen LogP) is 1.67. The van der Waals surface area contributed by atoms with Gasteiger partial charge in [-0.25, -0.2) is 4.98 Å². The van der Waals surface area contributed by atoms with Gasteiger partial charge in [-0.05, 0) is 31.9 Å². The SMILES string of the molecule is CCOC(=O)C1CCN(c2cc(C=O)ccn2)CC1. The highest BCUT2D eigenvalue weighted by Crippen LogP contribution is 2.23. The Labute approximate surface area is 112 Å². The number of hydrogen-bond acceptors (Lipinski definition) is 5. The molecule has 2 rings (SSSR count). The van der Waals surface area contributed by atoms with Gasteiger partial charge in [-0.15, -0.1) is 0 Å². The summed E-state index contributed by atoms with van der Waals surface area (Å²) in [5.41, 5.74) is 0.623. The molecule has 5 nitrogen and oxygen atoms in total. The zero-order valence-electron chi connectivity index (χ0n) is 11.0. The number of nitrogens with zero attached hydrogens (tertiary/aromatic N) is 2. The monoisotopic (exact) mass is 262 g/mol. The number of ether oxygens (including phenoxy) is 1. The molecule has 102 valence electrons. The van der Waals surface area contributed by atoms with Crippen LogP contribution in [0.4, 0.5) is 5.82 Å². The average molecular weight is 262 g/mol. The third-order valence-electron chi connectivity index (χ3n) is 3.34. The summed E-state index contributed by atoms with van der Waals surface area (Å²) in [7, 11) is 0. The molecule has 1 aromatic rings. The van der Waals surface area contributed by atoms with Crippen LogP contribution in [0.2, 0.25) is 0 Å². The fourth-order valence-corrected chi connectivity index (χ4v) is 2.28. The van der Waals surface area contributed by atoms with E-state index in [0.717, 1.165) is 38.0 Å². The van der Waals surface area contributed by atoms with E-state index in [1.165, 1.54) is 0 Å². The number of aromatic nitrogens is 1. The molecule has 0 unspecified atom stereocenters. The second-order valence-corrected chi connectivity index (χ2v) is 4.58. The molecule has 1 saturated heterocycles. The fourth-order valence-electron chi connectivity index (χ4n) is 2.28. The van der Waals surface area contributed by atoms with Crippen LogP contribution in [-0.2, 0) is 9.53 Å². The van der Waals surface area contributed by atoms with E-state index in [9.17, 15) is 9.59 Å². The van der Waals surface area contributed by atoms with E-state index >= 15 is 0 Å². The highest BCUT2D eigenvalue weighted by molar-refractivity contribution is 5.76. The Bertz CT molecular complexity index is 454. The molecule has 0 bridgehead atoms. The van der Waals surface area contributed by atoms with Crippen molar-refractivity contribution in [2.45, 2.75) is 19.8 Å². The normalized spacial score (nSPS) is 16.2. The molecular weight excluding hydrogens is 244 g/mol. The Balaban J connectivity index is 1.95. The molecule has 1 aromatic heterocycles. The Kier molecular flexibility index (Phi) is 4.49. The zero-order chi connectivity index (χ0) is 13.7. The Morgan fingerprint density at radius 1 is 1.53 bits per heavy atom. The minimum Gasteiger partial charge on any atom is -0.466 e. The maximum absolute atomic E-state index is 11.6. The minimum absolute atomic E-state index is 0.00884. The Morgan fingerprint density at radius 3 is 2.89 bits per heavy atom. The second-order valence-electron chi connectivity index (χ2n) is 4.58. The molecule has 2 heterocycles. The van der Waals surface area contributed by atoms with E-state index < -0.39 is 0 Å². The van der Waals surface area contributed by atoms with Gasteiger partial charge >= 0.3 is 5.97 Å². The molecule has 0 aliphatic carbocycles. The van der Waals surface area contributed by atoms with Crippen LogP contribution < -0.4 is 4.90 Å². The standard InChI is InChI=1S/C14H18N2O3/c1-2-19-14(18)12-4-7-16(8-5-12)13-9-11(10-17)3-6-15-13/h3,6,9-10,12H,2,4-5,7-8H2,1H3.